The van der Waals surface area contributed by atoms with Gasteiger partial charge in [-0.2, -0.15) is 23.4 Å². The lowest BCUT2D eigenvalue weighted by atomic mass is 10.2. The molecule has 2 aromatic heterocycles. The number of hydrogen-bond donors (Lipinski definition) is 0. The molecule has 0 unspecified atom stereocenters. The van der Waals surface area contributed by atoms with Crippen LogP contribution in [0.25, 0.3) is 0 Å². The Bertz CT molecular complexity index is 1120. The van der Waals surface area contributed by atoms with Gasteiger partial charge in [-0.25, -0.2) is 14.4 Å². The van der Waals surface area contributed by atoms with Gasteiger partial charge in [0.15, 0.2) is 0 Å². The number of aryl methyl sites for hydroxylation is 2. The van der Waals surface area contributed by atoms with Gasteiger partial charge in [-0.3, -0.25) is 0 Å². The number of benzene rings is 2. The third-order valence-electron chi connectivity index (χ3n) is 4.18. The van der Waals surface area contributed by atoms with E-state index in [9.17, 15) is 17.6 Å². The molecule has 0 spiro atoms. The van der Waals surface area contributed by atoms with E-state index < -0.39 is 11.7 Å². The molecule has 192 valence electrons. The van der Waals surface area contributed by atoms with Gasteiger partial charge in [-0.15, -0.1) is 0 Å². The van der Waals surface area contributed by atoms with Gasteiger partial charge in [0.1, 0.15) is 11.6 Å². The Morgan fingerprint density at radius 2 is 1.42 bits per heavy atom. The van der Waals surface area contributed by atoms with Gasteiger partial charge in [0.05, 0.1) is 25.5 Å². The van der Waals surface area contributed by atoms with E-state index >= 15 is 0 Å². The summed E-state index contributed by atoms with van der Waals surface area (Å²) in [7, 11) is 2.75. The number of alkyl halides is 3. The molecule has 0 N–H and O–H groups in total. The maximum atomic E-state index is 12.6. The average Bonchev–Trinajstić information content (AvgIpc) is 2.90. The molecule has 4 rings (SSSR count). The van der Waals surface area contributed by atoms with Crippen LogP contribution in [0.4, 0.5) is 17.6 Å². The summed E-state index contributed by atoms with van der Waals surface area (Å²) in [5.41, 5.74) is 1.01. The van der Waals surface area contributed by atoms with Crippen molar-refractivity contribution in [3.8, 4) is 11.8 Å². The first-order valence-electron chi connectivity index (χ1n) is 10.7. The van der Waals surface area contributed by atoms with Crippen molar-refractivity contribution >= 4 is 0 Å². The Morgan fingerprint density at radius 1 is 0.778 bits per heavy atom. The van der Waals surface area contributed by atoms with Gasteiger partial charge in [-0.1, -0.05) is 37.3 Å². The van der Waals surface area contributed by atoms with Gasteiger partial charge < -0.3 is 9.47 Å². The fraction of sp³-hybridized carbons (Fsp3) is 0.231. The molecule has 0 aliphatic heterocycles. The molecule has 10 heteroatoms. The molecule has 0 radical (unpaired) electrons. The van der Waals surface area contributed by atoms with Crippen LogP contribution in [-0.2, 0) is 12.6 Å². The first kappa shape index (κ1) is 30.0. The normalized spacial score (nSPS) is 9.78. The van der Waals surface area contributed by atoms with Crippen LogP contribution < -0.4 is 9.47 Å². The molecule has 0 atom stereocenters. The molecule has 4 aromatic rings. The number of para-hydroxylation sites is 1. The lowest BCUT2D eigenvalue weighted by molar-refractivity contribution is -0.138. The molecule has 0 fully saturated rings. The minimum Gasteiger partial charge on any atom is -0.496 e. The largest absolute Gasteiger partial charge is 0.496 e. The molecule has 0 amide bonds. The highest BCUT2D eigenvalue weighted by Crippen LogP contribution is 2.35. The van der Waals surface area contributed by atoms with E-state index in [4.69, 9.17) is 4.74 Å². The zero-order valence-electron chi connectivity index (χ0n) is 20.4. The summed E-state index contributed by atoms with van der Waals surface area (Å²) in [4.78, 5) is 7.53. The molecule has 0 aliphatic carbocycles. The fourth-order valence-corrected chi connectivity index (χ4v) is 2.43. The predicted octanol–water partition coefficient (Wildman–Crippen LogP) is 6.37. The second kappa shape index (κ2) is 16.5. The van der Waals surface area contributed by atoms with Gasteiger partial charge >= 0.3 is 12.2 Å². The van der Waals surface area contributed by atoms with Crippen molar-refractivity contribution in [1.82, 2.24) is 20.2 Å². The fourth-order valence-electron chi connectivity index (χ4n) is 2.43. The number of hydrogen-bond acceptors (Lipinski definition) is 6. The third kappa shape index (κ3) is 11.9. The van der Waals surface area contributed by atoms with Crippen molar-refractivity contribution in [1.29, 1.82) is 0 Å². The zero-order chi connectivity index (χ0) is 26.8. The quantitative estimate of drug-likeness (QED) is 0.302. The van der Waals surface area contributed by atoms with E-state index in [2.05, 4.69) is 24.9 Å². The van der Waals surface area contributed by atoms with Crippen LogP contribution in [0.15, 0.2) is 85.3 Å². The summed E-state index contributed by atoms with van der Waals surface area (Å²) >= 11 is 0. The van der Waals surface area contributed by atoms with Crippen molar-refractivity contribution in [3.05, 3.63) is 108 Å². The van der Waals surface area contributed by atoms with E-state index in [0.717, 1.165) is 23.7 Å². The maximum Gasteiger partial charge on any atom is 0.419 e. The highest BCUT2D eigenvalue weighted by atomic mass is 19.4. The average molecular weight is 505 g/mol. The van der Waals surface area contributed by atoms with Crippen LogP contribution in [0, 0.1) is 12.7 Å². The van der Waals surface area contributed by atoms with Crippen molar-refractivity contribution in [3.63, 3.8) is 0 Å². The summed E-state index contributed by atoms with van der Waals surface area (Å²) in [5, 5.41) is 7.36. The van der Waals surface area contributed by atoms with Gasteiger partial charge in [0.25, 0.3) is 0 Å². The Kier molecular flexibility index (Phi) is 13.8. The van der Waals surface area contributed by atoms with Gasteiger partial charge in [-0.05, 0) is 55.3 Å². The summed E-state index contributed by atoms with van der Waals surface area (Å²) in [5.74, 6) is -0.245. The minimum atomic E-state index is -4.34. The highest BCUT2D eigenvalue weighted by molar-refractivity contribution is 5.35. The molecular weight excluding hydrogens is 476 g/mol. The Labute approximate surface area is 208 Å². The third-order valence-corrected chi connectivity index (χ3v) is 4.18. The zero-order valence-corrected chi connectivity index (χ0v) is 20.4. The van der Waals surface area contributed by atoms with Crippen molar-refractivity contribution in [2.24, 2.45) is 0 Å². The predicted molar refractivity (Wildman–Crippen MR) is 129 cm³/mol. The van der Waals surface area contributed by atoms with Crippen molar-refractivity contribution in [2.45, 2.75) is 26.4 Å². The van der Waals surface area contributed by atoms with Crippen LogP contribution in [-0.4, -0.2) is 34.4 Å². The summed E-state index contributed by atoms with van der Waals surface area (Å²) < 4.78 is 58.3. The van der Waals surface area contributed by atoms with E-state index in [1.165, 1.54) is 38.5 Å². The number of ether oxygens (including phenoxy) is 2. The monoisotopic (exact) mass is 504 g/mol. The molecule has 2 aromatic carbocycles. The molecule has 0 bridgehead atoms. The van der Waals surface area contributed by atoms with E-state index in [0.29, 0.717) is 6.01 Å². The molecule has 36 heavy (non-hydrogen) atoms. The number of rotatable bonds is 3. The van der Waals surface area contributed by atoms with E-state index in [1.54, 1.807) is 36.8 Å². The molecule has 2 heterocycles. The van der Waals surface area contributed by atoms with Gasteiger partial charge in [0, 0.05) is 18.6 Å². The first-order valence-corrected chi connectivity index (χ1v) is 10.7. The smallest absolute Gasteiger partial charge is 0.419 e. The molecular formula is C26H28F4N4O2. The summed E-state index contributed by atoms with van der Waals surface area (Å²) in [6, 6.07) is 17.8. The van der Waals surface area contributed by atoms with Crippen molar-refractivity contribution in [2.75, 3.05) is 14.2 Å². The molecule has 6 nitrogen and oxygen atoms in total. The Hall–Kier alpha value is -4.08. The van der Waals surface area contributed by atoms with Crippen LogP contribution in [0.5, 0.6) is 11.8 Å². The highest BCUT2D eigenvalue weighted by Gasteiger charge is 2.33. The lowest BCUT2D eigenvalue weighted by Crippen LogP contribution is -2.06. The first-order chi connectivity index (χ1) is 17.2. The lowest BCUT2D eigenvalue weighted by Gasteiger charge is -2.10. The molecule has 0 saturated carbocycles. The van der Waals surface area contributed by atoms with Crippen LogP contribution >= 0.6 is 0 Å². The minimum absolute atomic E-state index is 0.0972. The molecule has 0 saturated heterocycles. The number of aromatic nitrogens is 4. The summed E-state index contributed by atoms with van der Waals surface area (Å²) in [6.45, 7) is 3.85. The van der Waals surface area contributed by atoms with Crippen LogP contribution in [0.1, 0.15) is 23.7 Å². The standard InChI is InChI=1S/C8H7F3O.C8H9F.C5H6N2O.C5H6N2/c1-12-7-5-3-2-4-6(7)8(9,10)11;1-2-7-5-3-4-6-8(7)9;1-8-5-6-3-2-4-7-5;1-5-3-2-4-6-7-5/h2-5H,1H3;3-6H,2H2,1H3;2-4H,1H3;2-4H,1H3. The number of nitrogens with zero attached hydrogens (tertiary/aromatic N) is 4. The van der Waals surface area contributed by atoms with E-state index in [1.807, 2.05) is 32.0 Å². The molecule has 0 aliphatic rings. The van der Waals surface area contributed by atoms with Crippen molar-refractivity contribution < 1.29 is 27.0 Å². The Morgan fingerprint density at radius 3 is 1.81 bits per heavy atom. The van der Waals surface area contributed by atoms with E-state index in [-0.39, 0.29) is 11.6 Å². The topological polar surface area (TPSA) is 70.0 Å². The van der Waals surface area contributed by atoms with Crippen LogP contribution in [0.3, 0.4) is 0 Å². The second-order valence-electron chi connectivity index (χ2n) is 6.74. The number of halogens is 4. The SMILES string of the molecule is CCc1ccccc1F.COc1ccccc1C(F)(F)F.COc1ncccn1.Cc1cccnn1. The summed E-state index contributed by atoms with van der Waals surface area (Å²) in [6.07, 6.45) is 1.35. The van der Waals surface area contributed by atoms with Gasteiger partial charge in [0.2, 0.25) is 0 Å². The second-order valence-corrected chi connectivity index (χ2v) is 6.74. The maximum absolute atomic E-state index is 12.6. The number of methoxy groups -OCH3 is 2. The Balaban J connectivity index is 0.000000245. The van der Waals surface area contributed by atoms with Crippen LogP contribution in [0.2, 0.25) is 0 Å².